The van der Waals surface area contributed by atoms with Crippen LogP contribution in [-0.4, -0.2) is 41.3 Å². The van der Waals surface area contributed by atoms with Gasteiger partial charge < -0.3 is 23.9 Å². The minimum Gasteiger partial charge on any atom is -0.491 e. The van der Waals surface area contributed by atoms with Crippen molar-refractivity contribution in [2.75, 3.05) is 18.5 Å². The molecule has 2 aromatic heterocycles. The van der Waals surface area contributed by atoms with Crippen molar-refractivity contribution in [3.05, 3.63) is 97.1 Å². The molecule has 0 fully saturated rings. The molecule has 1 amide bonds. The average molecular weight is 567 g/mol. The number of hydrogen-bond acceptors (Lipinski definition) is 4. The SMILES string of the molecule is CCCOc1ccccc1NC(=O)c1nc(-c2cn(-c3ccccc3)c3ccccc23)cn1COCC[Si](C)(C)C. The smallest absolute Gasteiger partial charge is 0.291 e. The van der Waals surface area contributed by atoms with Crippen LogP contribution in [0.4, 0.5) is 5.69 Å². The Balaban J connectivity index is 1.51. The fourth-order valence-corrected chi connectivity index (χ4v) is 5.40. The Kier molecular flexibility index (Phi) is 8.71. The number of nitrogens with one attached hydrogen (secondary N) is 1. The molecule has 5 rings (SSSR count). The van der Waals surface area contributed by atoms with Crippen LogP contribution < -0.4 is 10.1 Å². The first-order valence-electron chi connectivity index (χ1n) is 14.2. The van der Waals surface area contributed by atoms with Crippen molar-refractivity contribution >= 4 is 30.6 Å². The minimum absolute atomic E-state index is 0.242. The lowest BCUT2D eigenvalue weighted by Gasteiger charge is -2.16. The van der Waals surface area contributed by atoms with Gasteiger partial charge in [0.15, 0.2) is 0 Å². The molecule has 0 spiro atoms. The predicted octanol–water partition coefficient (Wildman–Crippen LogP) is 7.85. The van der Waals surface area contributed by atoms with Crippen LogP contribution in [0, 0.1) is 0 Å². The lowest BCUT2D eigenvalue weighted by Crippen LogP contribution is -2.23. The van der Waals surface area contributed by atoms with Gasteiger partial charge in [-0.2, -0.15) is 0 Å². The molecule has 0 saturated heterocycles. The molecule has 7 nitrogen and oxygen atoms in total. The third-order valence-corrected chi connectivity index (χ3v) is 8.53. The van der Waals surface area contributed by atoms with E-state index in [0.29, 0.717) is 30.3 Å². The highest BCUT2D eigenvalue weighted by Gasteiger charge is 2.21. The van der Waals surface area contributed by atoms with E-state index in [1.807, 2.05) is 60.8 Å². The summed E-state index contributed by atoms with van der Waals surface area (Å²) in [6, 6.07) is 27.0. The van der Waals surface area contributed by atoms with Gasteiger partial charge in [0, 0.05) is 43.7 Å². The fourth-order valence-electron chi connectivity index (χ4n) is 4.64. The number of amides is 1. The standard InChI is InChI=1S/C33H38N4O3Si/c1-5-19-40-31-18-12-10-16-28(31)35-33(38)32-34-29(23-36(32)24-39-20-21-41(2,3)4)27-22-37(25-13-7-6-8-14-25)30-17-11-9-15-26(27)30/h6-18,22-23H,5,19-21,24H2,1-4H3,(H,35,38). The van der Waals surface area contributed by atoms with Gasteiger partial charge in [-0.05, 0) is 42.8 Å². The molecule has 5 aromatic rings. The number of carbonyl (C=O) groups excluding carboxylic acids is 1. The van der Waals surface area contributed by atoms with Gasteiger partial charge in [-0.1, -0.05) is 75.1 Å². The molecule has 41 heavy (non-hydrogen) atoms. The lowest BCUT2D eigenvalue weighted by molar-refractivity contribution is 0.0808. The highest BCUT2D eigenvalue weighted by molar-refractivity contribution is 6.76. The minimum atomic E-state index is -1.25. The van der Waals surface area contributed by atoms with Crippen LogP contribution in [-0.2, 0) is 11.5 Å². The molecule has 0 aliphatic heterocycles. The summed E-state index contributed by atoms with van der Waals surface area (Å²) in [5, 5.41) is 4.08. The number of carbonyl (C=O) groups is 1. The summed E-state index contributed by atoms with van der Waals surface area (Å²) in [6.45, 7) is 10.5. The van der Waals surface area contributed by atoms with Gasteiger partial charge in [-0.3, -0.25) is 4.79 Å². The lowest BCUT2D eigenvalue weighted by atomic mass is 10.1. The Morgan fingerprint density at radius 1 is 0.902 bits per heavy atom. The van der Waals surface area contributed by atoms with Crippen molar-refractivity contribution in [3.63, 3.8) is 0 Å². The summed E-state index contributed by atoms with van der Waals surface area (Å²) in [7, 11) is -1.25. The third kappa shape index (κ3) is 6.78. The summed E-state index contributed by atoms with van der Waals surface area (Å²) >= 11 is 0. The second kappa shape index (κ2) is 12.6. The molecule has 0 bridgehead atoms. The molecule has 3 aromatic carbocycles. The number of rotatable bonds is 12. The van der Waals surface area contributed by atoms with Crippen LogP contribution in [0.1, 0.15) is 24.0 Å². The molecule has 0 radical (unpaired) electrons. The Hall–Kier alpha value is -4.14. The second-order valence-electron chi connectivity index (χ2n) is 11.3. The third-order valence-electron chi connectivity index (χ3n) is 6.83. The van der Waals surface area contributed by atoms with Crippen LogP contribution in [0.3, 0.4) is 0 Å². The Labute approximate surface area is 242 Å². The van der Waals surface area contributed by atoms with Gasteiger partial charge in [0.1, 0.15) is 12.5 Å². The normalized spacial score (nSPS) is 11.6. The first-order chi connectivity index (χ1) is 19.8. The summed E-state index contributed by atoms with van der Waals surface area (Å²) in [4.78, 5) is 18.6. The zero-order valence-electron chi connectivity index (χ0n) is 24.3. The molecular weight excluding hydrogens is 528 g/mol. The van der Waals surface area contributed by atoms with Crippen molar-refractivity contribution in [1.82, 2.24) is 14.1 Å². The molecule has 8 heteroatoms. The van der Waals surface area contributed by atoms with Crippen LogP contribution in [0.15, 0.2) is 91.3 Å². The monoisotopic (exact) mass is 566 g/mol. The van der Waals surface area contributed by atoms with E-state index in [-0.39, 0.29) is 18.5 Å². The summed E-state index contributed by atoms with van der Waals surface area (Å²) in [6.07, 6.45) is 4.88. The summed E-state index contributed by atoms with van der Waals surface area (Å²) in [5.74, 6) is 0.609. The van der Waals surface area contributed by atoms with Crippen LogP contribution in [0.5, 0.6) is 5.75 Å². The second-order valence-corrected chi connectivity index (χ2v) is 17.0. The number of benzene rings is 3. The van der Waals surface area contributed by atoms with Crippen molar-refractivity contribution < 1.29 is 14.3 Å². The topological polar surface area (TPSA) is 70.3 Å². The Morgan fingerprint density at radius 3 is 2.41 bits per heavy atom. The molecule has 0 unspecified atom stereocenters. The summed E-state index contributed by atoms with van der Waals surface area (Å²) < 4.78 is 15.9. The molecule has 0 atom stereocenters. The molecule has 0 saturated carbocycles. The molecule has 0 aliphatic carbocycles. The molecule has 212 valence electrons. The zero-order chi connectivity index (χ0) is 28.8. The number of ether oxygens (including phenoxy) is 2. The van der Waals surface area contributed by atoms with E-state index in [0.717, 1.165) is 34.6 Å². The van der Waals surface area contributed by atoms with Crippen molar-refractivity contribution in [3.8, 4) is 22.7 Å². The van der Waals surface area contributed by atoms with E-state index in [1.165, 1.54) is 0 Å². The maximum atomic E-state index is 13.7. The summed E-state index contributed by atoms with van der Waals surface area (Å²) in [5.41, 5.74) is 4.41. The van der Waals surface area contributed by atoms with Gasteiger partial charge in [0.05, 0.1) is 23.5 Å². The maximum Gasteiger partial charge on any atom is 0.291 e. The highest BCUT2D eigenvalue weighted by Crippen LogP contribution is 2.33. The fraction of sp³-hybridized carbons (Fsp3) is 0.273. The number of para-hydroxylation sites is 4. The van der Waals surface area contributed by atoms with Gasteiger partial charge in [-0.25, -0.2) is 4.98 Å². The van der Waals surface area contributed by atoms with Crippen LogP contribution in [0.25, 0.3) is 27.8 Å². The largest absolute Gasteiger partial charge is 0.491 e. The van der Waals surface area contributed by atoms with Crippen molar-refractivity contribution in [2.45, 2.75) is 45.8 Å². The van der Waals surface area contributed by atoms with E-state index in [1.54, 1.807) is 4.57 Å². The highest BCUT2D eigenvalue weighted by atomic mass is 28.3. The number of fused-ring (bicyclic) bond motifs is 1. The van der Waals surface area contributed by atoms with Gasteiger partial charge in [0.25, 0.3) is 5.91 Å². The van der Waals surface area contributed by atoms with E-state index in [2.05, 4.69) is 66.9 Å². The number of anilines is 1. The molecular formula is C33H38N4O3Si. The Bertz CT molecular complexity index is 1620. The maximum absolute atomic E-state index is 13.7. The van der Waals surface area contributed by atoms with Gasteiger partial charge in [0.2, 0.25) is 5.82 Å². The number of imidazole rings is 1. The number of aromatic nitrogens is 3. The van der Waals surface area contributed by atoms with Crippen molar-refractivity contribution in [1.29, 1.82) is 0 Å². The van der Waals surface area contributed by atoms with E-state index >= 15 is 0 Å². The number of hydrogen-bond donors (Lipinski definition) is 1. The molecule has 0 aliphatic rings. The quantitative estimate of drug-likeness (QED) is 0.123. The zero-order valence-corrected chi connectivity index (χ0v) is 25.3. The first-order valence-corrected chi connectivity index (χ1v) is 17.9. The number of nitrogens with zero attached hydrogens (tertiary/aromatic N) is 3. The van der Waals surface area contributed by atoms with Crippen molar-refractivity contribution in [2.24, 2.45) is 0 Å². The molecule has 1 N–H and O–H groups in total. The average Bonchev–Trinajstić information content (AvgIpc) is 3.57. The van der Waals surface area contributed by atoms with E-state index in [9.17, 15) is 4.79 Å². The van der Waals surface area contributed by atoms with Crippen LogP contribution >= 0.6 is 0 Å². The molecule has 2 heterocycles. The predicted molar refractivity (Wildman–Crippen MR) is 169 cm³/mol. The van der Waals surface area contributed by atoms with E-state index < -0.39 is 8.07 Å². The first kappa shape index (κ1) is 28.4. The van der Waals surface area contributed by atoms with Crippen LogP contribution in [0.2, 0.25) is 25.7 Å². The van der Waals surface area contributed by atoms with Gasteiger partial charge in [-0.15, -0.1) is 0 Å². The van der Waals surface area contributed by atoms with Gasteiger partial charge >= 0.3 is 0 Å². The van der Waals surface area contributed by atoms with E-state index in [4.69, 9.17) is 14.5 Å². The Morgan fingerprint density at radius 2 is 1.63 bits per heavy atom.